The van der Waals surface area contributed by atoms with Gasteiger partial charge in [-0.25, -0.2) is 0 Å². The van der Waals surface area contributed by atoms with Crippen molar-refractivity contribution >= 4 is 0 Å². The second kappa shape index (κ2) is 11.4. The van der Waals surface area contributed by atoms with Gasteiger partial charge in [0.1, 0.15) is 0 Å². The van der Waals surface area contributed by atoms with Gasteiger partial charge >= 0.3 is 0 Å². The summed E-state index contributed by atoms with van der Waals surface area (Å²) in [6.07, 6.45) is -0.333. The summed E-state index contributed by atoms with van der Waals surface area (Å²) in [6.45, 7) is 6.89. The first-order valence-corrected chi connectivity index (χ1v) is 2.83. The minimum absolute atomic E-state index is 0. The van der Waals surface area contributed by atoms with E-state index in [0.29, 0.717) is 0 Å². The van der Waals surface area contributed by atoms with E-state index in [1.165, 1.54) is 0 Å². The molecule has 0 aliphatic heterocycles. The molecule has 2 nitrogen and oxygen atoms in total. The first-order valence-electron chi connectivity index (χ1n) is 2.83. The van der Waals surface area contributed by atoms with Gasteiger partial charge in [0.05, 0.1) is 0 Å². The van der Waals surface area contributed by atoms with Crippen molar-refractivity contribution < 1.29 is 31.9 Å². The van der Waals surface area contributed by atoms with Crippen LogP contribution >= 0.6 is 0 Å². The zero-order valence-electron chi connectivity index (χ0n) is 6.55. The summed E-state index contributed by atoms with van der Waals surface area (Å²) in [4.78, 5) is 0. The normalized spacial score (nSPS) is 8.00. The van der Waals surface area contributed by atoms with Crippen LogP contribution in [0.25, 0.3) is 0 Å². The van der Waals surface area contributed by atoms with Crippen LogP contribution in [0, 0.1) is 0 Å². The number of aliphatic hydroxyl groups is 2. The molecule has 0 bridgehead atoms. The first kappa shape index (κ1) is 16.3. The molecule has 0 aromatic carbocycles. The molecule has 0 atom stereocenters. The minimum Gasteiger partial charge on any atom is -0.394 e. The van der Waals surface area contributed by atoms with Crippen LogP contribution in [0.3, 0.4) is 0 Å². The van der Waals surface area contributed by atoms with E-state index >= 15 is 0 Å². The monoisotopic (exact) mass is 168 g/mol. The number of hydrogen-bond acceptors (Lipinski definition) is 2. The summed E-state index contributed by atoms with van der Waals surface area (Å²) in [7, 11) is 0. The summed E-state index contributed by atoms with van der Waals surface area (Å²) in [5.41, 5.74) is 0. The fourth-order valence-corrected chi connectivity index (χ4v) is 0. The molecule has 0 unspecified atom stereocenters. The van der Waals surface area contributed by atoms with Crippen molar-refractivity contribution in [2.75, 3.05) is 0 Å². The van der Waals surface area contributed by atoms with Gasteiger partial charge in [-0.2, -0.15) is 0 Å². The van der Waals surface area contributed by atoms with Crippen LogP contribution in [0.15, 0.2) is 0 Å². The molecule has 0 rings (SSSR count). The first-order chi connectivity index (χ1) is 3.46. The Labute approximate surface area is 72.2 Å². The van der Waals surface area contributed by atoms with E-state index in [-0.39, 0.29) is 33.9 Å². The van der Waals surface area contributed by atoms with Crippen molar-refractivity contribution in [1.29, 1.82) is 0 Å². The summed E-state index contributed by atoms with van der Waals surface area (Å²) in [5.74, 6) is 0. The minimum atomic E-state index is -0.167. The molecule has 0 aliphatic carbocycles. The maximum atomic E-state index is 8.06. The molecule has 0 fully saturated rings. The number of hydrogen-bond donors (Lipinski definition) is 2. The van der Waals surface area contributed by atoms with Crippen LogP contribution in [-0.4, -0.2) is 22.4 Å². The molecule has 0 amide bonds. The van der Waals surface area contributed by atoms with E-state index < -0.39 is 0 Å². The van der Waals surface area contributed by atoms with Gasteiger partial charge in [0.25, 0.3) is 0 Å². The summed E-state index contributed by atoms with van der Waals surface area (Å²) < 4.78 is 0. The smallest absolute Gasteiger partial charge is 0.0483 e. The van der Waals surface area contributed by atoms with Crippen LogP contribution < -0.4 is 0 Å². The van der Waals surface area contributed by atoms with E-state index in [4.69, 9.17) is 10.2 Å². The fraction of sp³-hybridized carbons (Fsp3) is 1.00. The van der Waals surface area contributed by atoms with Crippen molar-refractivity contribution in [2.24, 2.45) is 0 Å². The van der Waals surface area contributed by atoms with Crippen LogP contribution in [0.1, 0.15) is 27.7 Å². The Morgan fingerprint density at radius 1 is 0.778 bits per heavy atom. The predicted octanol–water partition coefficient (Wildman–Crippen LogP) is 0.772. The fourth-order valence-electron chi connectivity index (χ4n) is 0. The molecule has 2 N–H and O–H groups in total. The molecule has 0 saturated heterocycles. The van der Waals surface area contributed by atoms with Gasteiger partial charge < -0.3 is 10.2 Å². The molecule has 0 aromatic heterocycles. The second-order valence-electron chi connectivity index (χ2n) is 2.19. The summed E-state index contributed by atoms with van der Waals surface area (Å²) in [6, 6.07) is 0. The molecule has 0 radical (unpaired) electrons. The van der Waals surface area contributed by atoms with Crippen LogP contribution in [0.5, 0.6) is 0 Å². The molecule has 0 saturated carbocycles. The third-order valence-electron chi connectivity index (χ3n) is 0. The molecule has 0 heterocycles. The van der Waals surface area contributed by atoms with Gasteiger partial charge in [-0.1, -0.05) is 0 Å². The van der Waals surface area contributed by atoms with Crippen LogP contribution in [-0.2, 0) is 21.7 Å². The van der Waals surface area contributed by atoms with Crippen molar-refractivity contribution in [1.82, 2.24) is 0 Å². The quantitative estimate of drug-likeness (QED) is 0.524. The van der Waals surface area contributed by atoms with Gasteiger partial charge in [-0.05, 0) is 27.7 Å². The number of aliphatic hydroxyl groups excluding tert-OH is 2. The Kier molecular flexibility index (Phi) is 20.7. The average Bonchev–Trinajstić information content (AvgIpc) is 1.25. The zero-order chi connectivity index (χ0) is 7.15. The molecule has 9 heavy (non-hydrogen) atoms. The van der Waals surface area contributed by atoms with E-state index in [2.05, 4.69) is 0 Å². The molecular formula is C6H16O2Ti. The Bertz CT molecular complexity index is 26.5. The summed E-state index contributed by atoms with van der Waals surface area (Å²) >= 11 is 0. The Morgan fingerprint density at radius 2 is 0.778 bits per heavy atom. The van der Waals surface area contributed by atoms with Crippen LogP contribution in [0.4, 0.5) is 0 Å². The molecular weight excluding hydrogens is 152 g/mol. The van der Waals surface area contributed by atoms with Crippen molar-refractivity contribution in [3.05, 3.63) is 0 Å². The standard InChI is InChI=1S/2C3H8O.Ti/c2*1-3(2)4;/h2*3-4H,1-2H3;. The number of rotatable bonds is 0. The third kappa shape index (κ3) is 945. The molecule has 0 spiro atoms. The van der Waals surface area contributed by atoms with Crippen molar-refractivity contribution in [3.8, 4) is 0 Å². The van der Waals surface area contributed by atoms with Gasteiger partial charge in [0.15, 0.2) is 0 Å². The molecule has 0 aliphatic rings. The maximum Gasteiger partial charge on any atom is 0.0483 e. The zero-order valence-corrected chi connectivity index (χ0v) is 8.11. The topological polar surface area (TPSA) is 40.5 Å². The van der Waals surface area contributed by atoms with Gasteiger partial charge in [-0.15, -0.1) is 0 Å². The Hall–Kier alpha value is 0.634. The van der Waals surface area contributed by atoms with E-state index in [1.807, 2.05) is 0 Å². The third-order valence-corrected chi connectivity index (χ3v) is 0. The SMILES string of the molecule is CC(C)O.CC(C)O.[Ti]. The second-order valence-corrected chi connectivity index (χ2v) is 2.19. The molecule has 0 aromatic rings. The van der Waals surface area contributed by atoms with Crippen molar-refractivity contribution in [3.63, 3.8) is 0 Å². The van der Waals surface area contributed by atoms with E-state index in [0.717, 1.165) is 0 Å². The molecule has 56 valence electrons. The van der Waals surface area contributed by atoms with Gasteiger partial charge in [0, 0.05) is 33.9 Å². The summed E-state index contributed by atoms with van der Waals surface area (Å²) in [5, 5.41) is 16.1. The predicted molar refractivity (Wildman–Crippen MR) is 34.7 cm³/mol. The van der Waals surface area contributed by atoms with Crippen LogP contribution in [0.2, 0.25) is 0 Å². The van der Waals surface area contributed by atoms with E-state index in [9.17, 15) is 0 Å². The van der Waals surface area contributed by atoms with Crippen molar-refractivity contribution in [2.45, 2.75) is 39.9 Å². The molecule has 3 heteroatoms. The van der Waals surface area contributed by atoms with E-state index in [1.54, 1.807) is 27.7 Å². The maximum absolute atomic E-state index is 8.06. The van der Waals surface area contributed by atoms with Gasteiger partial charge in [0.2, 0.25) is 0 Å². The Morgan fingerprint density at radius 3 is 0.778 bits per heavy atom. The average molecular weight is 168 g/mol. The Balaban J connectivity index is -0.0000000720. The largest absolute Gasteiger partial charge is 0.394 e. The van der Waals surface area contributed by atoms with Gasteiger partial charge in [-0.3, -0.25) is 0 Å².